The highest BCUT2D eigenvalue weighted by molar-refractivity contribution is 5.01. The van der Waals surface area contributed by atoms with Gasteiger partial charge in [-0.3, -0.25) is 0 Å². The lowest BCUT2D eigenvalue weighted by Gasteiger charge is -2.22. The molecule has 0 unspecified atom stereocenters. The Labute approximate surface area is 80.4 Å². The molecular weight excluding hydrogens is 168 g/mol. The largest absolute Gasteiger partial charge is 0.381 e. The lowest BCUT2D eigenvalue weighted by Crippen LogP contribution is -2.36. The van der Waals surface area contributed by atoms with Crippen molar-refractivity contribution in [3.63, 3.8) is 0 Å². The van der Waals surface area contributed by atoms with Crippen LogP contribution in [-0.2, 0) is 9.47 Å². The zero-order valence-corrected chi connectivity index (χ0v) is 8.75. The van der Waals surface area contributed by atoms with Crippen molar-refractivity contribution in [1.29, 1.82) is 0 Å². The molecule has 0 amide bonds. The molecule has 0 aromatic rings. The van der Waals surface area contributed by atoms with E-state index in [1.807, 2.05) is 6.08 Å². The molecule has 0 bridgehead atoms. The van der Waals surface area contributed by atoms with Gasteiger partial charge < -0.3 is 14.6 Å². The second-order valence-corrected chi connectivity index (χ2v) is 3.16. The van der Waals surface area contributed by atoms with E-state index in [0.717, 1.165) is 12.8 Å². The van der Waals surface area contributed by atoms with Crippen LogP contribution in [0.3, 0.4) is 0 Å². The van der Waals surface area contributed by atoms with Gasteiger partial charge in [0.2, 0.25) is 0 Å². The van der Waals surface area contributed by atoms with Gasteiger partial charge >= 0.3 is 0 Å². The minimum absolute atomic E-state index is 0.265. The van der Waals surface area contributed by atoms with Crippen molar-refractivity contribution in [1.82, 2.24) is 0 Å². The highest BCUT2D eigenvalue weighted by Crippen LogP contribution is 2.08. The number of aliphatic hydroxyl groups is 1. The van der Waals surface area contributed by atoms with Crippen LogP contribution in [0.5, 0.6) is 0 Å². The Morgan fingerprint density at radius 2 is 1.77 bits per heavy atom. The van der Waals surface area contributed by atoms with Crippen LogP contribution in [0.1, 0.15) is 19.8 Å². The molecule has 0 fully saturated rings. The van der Waals surface area contributed by atoms with E-state index in [1.165, 1.54) is 0 Å². The number of unbranched alkanes of at least 4 members (excludes halogenated alkanes) is 1. The highest BCUT2D eigenvalue weighted by Gasteiger charge is 2.22. The van der Waals surface area contributed by atoms with E-state index < -0.39 is 5.60 Å². The zero-order valence-electron chi connectivity index (χ0n) is 8.75. The van der Waals surface area contributed by atoms with E-state index in [-0.39, 0.29) is 13.2 Å². The summed E-state index contributed by atoms with van der Waals surface area (Å²) in [5, 5.41) is 9.90. The molecule has 0 aromatic heterocycles. The maximum atomic E-state index is 9.90. The van der Waals surface area contributed by atoms with Gasteiger partial charge in [-0.25, -0.2) is 0 Å². The van der Waals surface area contributed by atoms with Crippen molar-refractivity contribution in [2.24, 2.45) is 0 Å². The third-order valence-corrected chi connectivity index (χ3v) is 1.67. The lowest BCUT2D eigenvalue weighted by molar-refractivity contribution is -0.0440. The molecule has 0 rings (SSSR count). The van der Waals surface area contributed by atoms with Gasteiger partial charge in [-0.1, -0.05) is 25.5 Å². The number of hydrogen-bond acceptors (Lipinski definition) is 3. The van der Waals surface area contributed by atoms with Crippen LogP contribution < -0.4 is 0 Å². The Morgan fingerprint density at radius 3 is 2.15 bits per heavy atom. The average molecular weight is 188 g/mol. The van der Waals surface area contributed by atoms with Crippen molar-refractivity contribution in [2.75, 3.05) is 27.4 Å². The Morgan fingerprint density at radius 1 is 1.23 bits per heavy atom. The maximum absolute atomic E-state index is 9.90. The molecule has 0 spiro atoms. The van der Waals surface area contributed by atoms with Gasteiger partial charge in [-0.2, -0.15) is 0 Å². The summed E-state index contributed by atoms with van der Waals surface area (Å²) in [5.41, 5.74) is -0.974. The van der Waals surface area contributed by atoms with Crippen molar-refractivity contribution in [2.45, 2.75) is 25.4 Å². The molecule has 78 valence electrons. The fourth-order valence-electron chi connectivity index (χ4n) is 1.11. The molecule has 0 atom stereocenters. The summed E-state index contributed by atoms with van der Waals surface area (Å²) < 4.78 is 9.82. The van der Waals surface area contributed by atoms with Crippen molar-refractivity contribution in [3.8, 4) is 0 Å². The van der Waals surface area contributed by atoms with Gasteiger partial charge in [0.05, 0.1) is 13.2 Å². The molecule has 3 heteroatoms. The van der Waals surface area contributed by atoms with Crippen LogP contribution >= 0.6 is 0 Å². The van der Waals surface area contributed by atoms with E-state index in [2.05, 4.69) is 6.92 Å². The fraction of sp³-hybridized carbons (Fsp3) is 0.800. The van der Waals surface area contributed by atoms with E-state index in [0.29, 0.717) is 0 Å². The molecule has 13 heavy (non-hydrogen) atoms. The van der Waals surface area contributed by atoms with Gasteiger partial charge in [-0.15, -0.1) is 0 Å². The lowest BCUT2D eigenvalue weighted by atomic mass is 10.1. The van der Waals surface area contributed by atoms with Crippen molar-refractivity contribution in [3.05, 3.63) is 12.2 Å². The Balaban J connectivity index is 4.05. The summed E-state index contributed by atoms with van der Waals surface area (Å²) in [6.07, 6.45) is 5.75. The number of methoxy groups -OCH3 is 2. The number of ether oxygens (including phenoxy) is 2. The van der Waals surface area contributed by atoms with Crippen LogP contribution in [0.4, 0.5) is 0 Å². The van der Waals surface area contributed by atoms with E-state index >= 15 is 0 Å². The maximum Gasteiger partial charge on any atom is 0.129 e. The first-order valence-electron chi connectivity index (χ1n) is 4.56. The fourth-order valence-corrected chi connectivity index (χ4v) is 1.11. The zero-order chi connectivity index (χ0) is 10.2. The van der Waals surface area contributed by atoms with Gasteiger partial charge in [0.15, 0.2) is 0 Å². The third kappa shape index (κ3) is 5.80. The molecule has 0 radical (unpaired) electrons. The number of rotatable bonds is 7. The monoisotopic (exact) mass is 188 g/mol. The molecule has 1 N–H and O–H groups in total. The minimum Gasteiger partial charge on any atom is -0.381 e. The highest BCUT2D eigenvalue weighted by atomic mass is 16.5. The van der Waals surface area contributed by atoms with Crippen LogP contribution in [0, 0.1) is 0 Å². The molecule has 0 saturated carbocycles. The average Bonchev–Trinajstić information content (AvgIpc) is 2.05. The van der Waals surface area contributed by atoms with Crippen molar-refractivity contribution >= 4 is 0 Å². The molecular formula is C10H20O3. The predicted octanol–water partition coefficient (Wildman–Crippen LogP) is 1.37. The van der Waals surface area contributed by atoms with Gasteiger partial charge in [0, 0.05) is 14.2 Å². The van der Waals surface area contributed by atoms with Gasteiger partial charge in [0.25, 0.3) is 0 Å². The molecule has 0 aliphatic heterocycles. The molecule has 0 aliphatic rings. The third-order valence-electron chi connectivity index (χ3n) is 1.67. The van der Waals surface area contributed by atoms with E-state index in [9.17, 15) is 5.11 Å². The minimum atomic E-state index is -0.974. The Hall–Kier alpha value is -0.380. The summed E-state index contributed by atoms with van der Waals surface area (Å²) in [4.78, 5) is 0. The molecule has 3 nitrogen and oxygen atoms in total. The Bertz CT molecular complexity index is 137. The molecule has 0 aromatic carbocycles. The van der Waals surface area contributed by atoms with Crippen LogP contribution in [0.25, 0.3) is 0 Å². The molecule has 0 saturated heterocycles. The summed E-state index contributed by atoms with van der Waals surface area (Å²) in [6, 6.07) is 0. The quantitative estimate of drug-likeness (QED) is 0.613. The molecule has 0 aliphatic carbocycles. The summed E-state index contributed by atoms with van der Waals surface area (Å²) in [7, 11) is 3.13. The van der Waals surface area contributed by atoms with Crippen LogP contribution in [0.2, 0.25) is 0 Å². The van der Waals surface area contributed by atoms with Crippen molar-refractivity contribution < 1.29 is 14.6 Å². The summed E-state index contributed by atoms with van der Waals surface area (Å²) >= 11 is 0. The second-order valence-electron chi connectivity index (χ2n) is 3.16. The number of allylic oxidation sites excluding steroid dienone is 1. The standard InChI is InChI=1S/C10H20O3/c1-4-5-6-7-10(11,8-12-2)9-13-3/h6-7,11H,4-5,8-9H2,1-3H3/b7-6+. The first-order chi connectivity index (χ1) is 6.18. The SMILES string of the molecule is CCC/C=C/C(O)(COC)COC. The van der Waals surface area contributed by atoms with Crippen LogP contribution in [0.15, 0.2) is 12.2 Å². The first-order valence-corrected chi connectivity index (χ1v) is 4.56. The number of hydrogen-bond donors (Lipinski definition) is 1. The second kappa shape index (κ2) is 7.06. The molecule has 0 heterocycles. The first kappa shape index (κ1) is 12.6. The van der Waals surface area contributed by atoms with E-state index in [4.69, 9.17) is 9.47 Å². The van der Waals surface area contributed by atoms with Crippen LogP contribution in [-0.4, -0.2) is 38.1 Å². The summed E-state index contributed by atoms with van der Waals surface area (Å²) in [6.45, 7) is 2.62. The Kier molecular flexibility index (Phi) is 6.86. The normalized spacial score (nSPS) is 12.6. The topological polar surface area (TPSA) is 38.7 Å². The van der Waals surface area contributed by atoms with Gasteiger partial charge in [0.1, 0.15) is 5.60 Å². The summed E-state index contributed by atoms with van der Waals surface area (Å²) in [5.74, 6) is 0. The predicted molar refractivity (Wildman–Crippen MR) is 52.7 cm³/mol. The smallest absolute Gasteiger partial charge is 0.129 e. The van der Waals surface area contributed by atoms with Gasteiger partial charge in [-0.05, 0) is 6.42 Å². The van der Waals surface area contributed by atoms with E-state index in [1.54, 1.807) is 20.3 Å².